The van der Waals surface area contributed by atoms with Crippen LogP contribution in [0.1, 0.15) is 15.2 Å². The van der Waals surface area contributed by atoms with Crippen molar-refractivity contribution in [3.05, 3.63) is 70.1 Å². The molecule has 3 rings (SSSR count). The number of benzene rings is 2. The molecule has 0 unspecified atom stereocenters. The number of nitriles is 1. The Labute approximate surface area is 153 Å². The molecule has 0 spiro atoms. The number of para-hydroxylation sites is 1. The Balaban J connectivity index is 1.87. The van der Waals surface area contributed by atoms with Crippen LogP contribution in [0.15, 0.2) is 54.6 Å². The van der Waals surface area contributed by atoms with Gasteiger partial charge in [-0.05, 0) is 36.4 Å². The molecule has 0 saturated heterocycles. The molecule has 1 amide bonds. The number of nitrogens with one attached hydrogen (secondary N) is 2. The highest BCUT2D eigenvalue weighted by Crippen LogP contribution is 2.37. The summed E-state index contributed by atoms with van der Waals surface area (Å²) in [5.41, 5.74) is 7.84. The molecule has 7 heteroatoms. The first-order chi connectivity index (χ1) is 12.1. The highest BCUT2D eigenvalue weighted by atomic mass is 35.5. The second-order valence-corrected chi connectivity index (χ2v) is 6.57. The van der Waals surface area contributed by atoms with Gasteiger partial charge in [-0.1, -0.05) is 29.8 Å². The molecule has 25 heavy (non-hydrogen) atoms. The van der Waals surface area contributed by atoms with Gasteiger partial charge in [-0.15, -0.1) is 11.3 Å². The summed E-state index contributed by atoms with van der Waals surface area (Å²) >= 11 is 6.97. The van der Waals surface area contributed by atoms with Crippen molar-refractivity contribution in [3.8, 4) is 6.07 Å². The number of halogens is 1. The van der Waals surface area contributed by atoms with Gasteiger partial charge in [0.15, 0.2) is 0 Å². The fourth-order valence-corrected chi connectivity index (χ4v) is 3.30. The highest BCUT2D eigenvalue weighted by molar-refractivity contribution is 7.19. The van der Waals surface area contributed by atoms with E-state index in [1.54, 1.807) is 24.3 Å². The summed E-state index contributed by atoms with van der Waals surface area (Å²) in [6.45, 7) is 0. The largest absolute Gasteiger partial charge is 0.396 e. The van der Waals surface area contributed by atoms with Crippen molar-refractivity contribution >= 4 is 50.9 Å². The summed E-state index contributed by atoms with van der Waals surface area (Å²) in [4.78, 5) is 12.8. The van der Waals surface area contributed by atoms with Crippen LogP contribution in [0.25, 0.3) is 0 Å². The molecule has 1 heterocycles. The molecule has 0 saturated carbocycles. The third-order valence-corrected chi connectivity index (χ3v) is 4.77. The zero-order chi connectivity index (χ0) is 17.8. The lowest BCUT2D eigenvalue weighted by Gasteiger charge is -2.04. The van der Waals surface area contributed by atoms with E-state index >= 15 is 0 Å². The number of anilines is 4. The number of amides is 1. The number of carbonyl (C=O) groups excluding carboxylic acids is 1. The van der Waals surface area contributed by atoms with Gasteiger partial charge >= 0.3 is 0 Å². The first-order valence-electron chi connectivity index (χ1n) is 7.30. The maximum absolute atomic E-state index is 12.5. The van der Waals surface area contributed by atoms with Gasteiger partial charge in [0.25, 0.3) is 5.91 Å². The number of nitrogen functional groups attached to an aromatic ring is 1. The Hall–Kier alpha value is -3.01. The zero-order valence-corrected chi connectivity index (χ0v) is 14.5. The third-order valence-electron chi connectivity index (χ3n) is 3.40. The topological polar surface area (TPSA) is 90.9 Å². The average Bonchev–Trinajstić information content (AvgIpc) is 2.93. The number of nitrogens with two attached hydrogens (primary N) is 1. The Bertz CT molecular complexity index is 946. The first-order valence-corrected chi connectivity index (χ1v) is 8.49. The maximum Gasteiger partial charge on any atom is 0.267 e. The molecule has 0 aliphatic carbocycles. The van der Waals surface area contributed by atoms with Crippen LogP contribution in [0.5, 0.6) is 0 Å². The highest BCUT2D eigenvalue weighted by Gasteiger charge is 2.21. The standard InChI is InChI=1S/C18H13ClN4OS/c19-11-6-8-13(9-7-11)22-17(24)16-15(21)14(10-20)18(25-16)23-12-4-2-1-3-5-12/h1-9,23H,21H2,(H,22,24). The van der Waals surface area contributed by atoms with E-state index in [0.29, 0.717) is 15.7 Å². The number of rotatable bonds is 4. The fraction of sp³-hybridized carbons (Fsp3) is 0. The molecule has 0 fully saturated rings. The van der Waals surface area contributed by atoms with Crippen LogP contribution in [-0.4, -0.2) is 5.91 Å². The van der Waals surface area contributed by atoms with Gasteiger partial charge in [0.1, 0.15) is 21.5 Å². The molecule has 2 aromatic carbocycles. The SMILES string of the molecule is N#Cc1c(Nc2ccccc2)sc(C(=O)Nc2ccc(Cl)cc2)c1N. The Kier molecular flexibility index (Phi) is 4.89. The lowest BCUT2D eigenvalue weighted by Crippen LogP contribution is -2.12. The van der Waals surface area contributed by atoms with Crippen LogP contribution in [0, 0.1) is 11.3 Å². The molecule has 4 N–H and O–H groups in total. The van der Waals surface area contributed by atoms with E-state index in [-0.39, 0.29) is 22.0 Å². The van der Waals surface area contributed by atoms with Gasteiger partial charge in [0.05, 0.1) is 5.69 Å². The second-order valence-electron chi connectivity index (χ2n) is 5.11. The molecular weight excluding hydrogens is 356 g/mol. The van der Waals surface area contributed by atoms with Crippen LogP contribution in [0.4, 0.5) is 22.1 Å². The minimum absolute atomic E-state index is 0.164. The Morgan fingerprint density at radius 3 is 2.40 bits per heavy atom. The normalized spacial score (nSPS) is 10.1. The molecule has 3 aromatic rings. The van der Waals surface area contributed by atoms with Crippen molar-refractivity contribution in [2.75, 3.05) is 16.4 Å². The molecule has 124 valence electrons. The van der Waals surface area contributed by atoms with Crippen molar-refractivity contribution in [2.24, 2.45) is 0 Å². The van der Waals surface area contributed by atoms with Crippen LogP contribution in [-0.2, 0) is 0 Å². The first kappa shape index (κ1) is 16.8. The van der Waals surface area contributed by atoms with E-state index in [0.717, 1.165) is 17.0 Å². The molecule has 0 radical (unpaired) electrons. The number of carbonyl (C=O) groups is 1. The van der Waals surface area contributed by atoms with Gasteiger partial charge in [0.2, 0.25) is 0 Å². The van der Waals surface area contributed by atoms with Crippen LogP contribution < -0.4 is 16.4 Å². The third kappa shape index (κ3) is 3.74. The summed E-state index contributed by atoms with van der Waals surface area (Å²) in [7, 11) is 0. The van der Waals surface area contributed by atoms with Crippen molar-refractivity contribution in [1.29, 1.82) is 5.26 Å². The second kappa shape index (κ2) is 7.26. The molecule has 1 aromatic heterocycles. The van der Waals surface area contributed by atoms with Crippen molar-refractivity contribution in [1.82, 2.24) is 0 Å². The monoisotopic (exact) mass is 368 g/mol. The Morgan fingerprint density at radius 1 is 1.08 bits per heavy atom. The van der Waals surface area contributed by atoms with Crippen LogP contribution >= 0.6 is 22.9 Å². The number of hydrogen-bond donors (Lipinski definition) is 3. The zero-order valence-electron chi connectivity index (χ0n) is 12.9. The predicted molar refractivity (Wildman–Crippen MR) is 103 cm³/mol. The lowest BCUT2D eigenvalue weighted by atomic mass is 10.2. The molecule has 0 bridgehead atoms. The van der Waals surface area contributed by atoms with Crippen molar-refractivity contribution in [2.45, 2.75) is 0 Å². The fourth-order valence-electron chi connectivity index (χ4n) is 2.19. The molecule has 0 aliphatic heterocycles. The van der Waals surface area contributed by atoms with E-state index in [1.807, 2.05) is 30.3 Å². The predicted octanol–water partition coefficient (Wildman–Crippen LogP) is 4.85. The van der Waals surface area contributed by atoms with E-state index in [4.69, 9.17) is 17.3 Å². The van der Waals surface area contributed by atoms with Crippen LogP contribution in [0.2, 0.25) is 5.02 Å². The van der Waals surface area contributed by atoms with E-state index < -0.39 is 0 Å². The molecule has 5 nitrogen and oxygen atoms in total. The smallest absolute Gasteiger partial charge is 0.267 e. The quantitative estimate of drug-likeness (QED) is 0.613. The summed E-state index contributed by atoms with van der Waals surface area (Å²) in [6.07, 6.45) is 0. The summed E-state index contributed by atoms with van der Waals surface area (Å²) < 4.78 is 0. The summed E-state index contributed by atoms with van der Waals surface area (Å²) in [5, 5.41) is 16.4. The minimum atomic E-state index is -0.373. The maximum atomic E-state index is 12.5. The van der Waals surface area contributed by atoms with Gasteiger partial charge < -0.3 is 16.4 Å². The van der Waals surface area contributed by atoms with Gasteiger partial charge in [-0.2, -0.15) is 5.26 Å². The Morgan fingerprint density at radius 2 is 1.76 bits per heavy atom. The van der Waals surface area contributed by atoms with E-state index in [9.17, 15) is 10.1 Å². The van der Waals surface area contributed by atoms with Crippen LogP contribution in [0.3, 0.4) is 0 Å². The number of thiophene rings is 1. The number of nitrogens with zero attached hydrogens (tertiary/aromatic N) is 1. The lowest BCUT2D eigenvalue weighted by molar-refractivity contribution is 0.103. The van der Waals surface area contributed by atoms with Gasteiger partial charge in [-0.25, -0.2) is 0 Å². The average molecular weight is 369 g/mol. The summed E-state index contributed by atoms with van der Waals surface area (Å²) in [5.74, 6) is -0.373. The molecule has 0 atom stereocenters. The summed E-state index contributed by atoms with van der Waals surface area (Å²) in [6, 6.07) is 18.2. The van der Waals surface area contributed by atoms with Crippen molar-refractivity contribution < 1.29 is 4.79 Å². The molecule has 0 aliphatic rings. The number of hydrogen-bond acceptors (Lipinski definition) is 5. The van der Waals surface area contributed by atoms with Gasteiger partial charge in [-0.3, -0.25) is 4.79 Å². The van der Waals surface area contributed by atoms with E-state index in [2.05, 4.69) is 16.7 Å². The van der Waals surface area contributed by atoms with Gasteiger partial charge in [0, 0.05) is 16.4 Å². The van der Waals surface area contributed by atoms with E-state index in [1.165, 1.54) is 0 Å². The van der Waals surface area contributed by atoms with Crippen molar-refractivity contribution in [3.63, 3.8) is 0 Å². The molecular formula is C18H13ClN4OS. The minimum Gasteiger partial charge on any atom is -0.396 e.